The summed E-state index contributed by atoms with van der Waals surface area (Å²) < 4.78 is 13.4. The van der Waals surface area contributed by atoms with Crippen molar-refractivity contribution in [2.75, 3.05) is 19.8 Å². The molecule has 204 valence electrons. The van der Waals surface area contributed by atoms with E-state index < -0.39 is 11.8 Å². The second-order valence-corrected chi connectivity index (χ2v) is 9.97. The number of unbranched alkanes of at least 4 members (excludes halogenated alkanes) is 1. The number of hydrogen-bond donors (Lipinski definition) is 0. The zero-order chi connectivity index (χ0) is 28.1. The van der Waals surface area contributed by atoms with Gasteiger partial charge >= 0.3 is 0 Å². The molecular formula is C32H32N4O4. The summed E-state index contributed by atoms with van der Waals surface area (Å²) in [6.45, 7) is 5.12. The maximum absolute atomic E-state index is 13.7. The Morgan fingerprint density at radius 2 is 1.98 bits per heavy atom. The molecule has 0 N–H and O–H groups in total. The fourth-order valence-corrected chi connectivity index (χ4v) is 4.94. The van der Waals surface area contributed by atoms with Gasteiger partial charge < -0.3 is 9.47 Å². The van der Waals surface area contributed by atoms with Crippen LogP contribution in [0.3, 0.4) is 0 Å². The molecule has 1 unspecified atom stereocenters. The summed E-state index contributed by atoms with van der Waals surface area (Å²) in [6.07, 6.45) is 7.01. The summed E-state index contributed by atoms with van der Waals surface area (Å²) in [5.74, 6) is -0.273. The number of para-hydroxylation sites is 1. The van der Waals surface area contributed by atoms with Crippen molar-refractivity contribution in [1.29, 1.82) is 5.26 Å². The van der Waals surface area contributed by atoms with Crippen molar-refractivity contribution in [2.45, 2.75) is 45.6 Å². The van der Waals surface area contributed by atoms with Crippen molar-refractivity contribution in [3.63, 3.8) is 0 Å². The lowest BCUT2D eigenvalue weighted by atomic mass is 9.93. The van der Waals surface area contributed by atoms with Crippen LogP contribution in [0.2, 0.25) is 0 Å². The monoisotopic (exact) mass is 536 g/mol. The quantitative estimate of drug-likeness (QED) is 0.204. The Balaban J connectivity index is 1.60. The van der Waals surface area contributed by atoms with Crippen LogP contribution in [-0.4, -0.2) is 52.4 Å². The number of rotatable bonds is 9. The van der Waals surface area contributed by atoms with Gasteiger partial charge in [0.15, 0.2) is 0 Å². The van der Waals surface area contributed by atoms with E-state index in [1.54, 1.807) is 17.7 Å². The molecule has 2 aliphatic heterocycles. The second-order valence-electron chi connectivity index (χ2n) is 9.97. The second kappa shape index (κ2) is 12.1. The van der Waals surface area contributed by atoms with Gasteiger partial charge in [-0.25, -0.2) is 4.68 Å². The van der Waals surface area contributed by atoms with Crippen LogP contribution in [0.1, 0.15) is 45.1 Å². The van der Waals surface area contributed by atoms with Crippen LogP contribution >= 0.6 is 0 Å². The molecule has 2 amide bonds. The van der Waals surface area contributed by atoms with E-state index in [-0.39, 0.29) is 18.2 Å². The van der Waals surface area contributed by atoms with Gasteiger partial charge in [-0.15, -0.1) is 0 Å². The summed E-state index contributed by atoms with van der Waals surface area (Å²) in [4.78, 5) is 28.0. The predicted octanol–water partition coefficient (Wildman–Crippen LogP) is 5.49. The maximum Gasteiger partial charge on any atom is 0.271 e. The molecule has 0 saturated carbocycles. The highest BCUT2D eigenvalue weighted by Crippen LogP contribution is 2.33. The number of nitriles is 1. The number of amides is 2. The fraction of sp³-hybridized carbons (Fsp3) is 0.312. The summed E-state index contributed by atoms with van der Waals surface area (Å²) in [5, 5.41) is 14.7. The molecular weight excluding hydrogens is 504 g/mol. The number of aromatic nitrogens is 2. The van der Waals surface area contributed by atoms with E-state index in [1.165, 1.54) is 0 Å². The van der Waals surface area contributed by atoms with Gasteiger partial charge in [-0.1, -0.05) is 43.7 Å². The molecule has 40 heavy (non-hydrogen) atoms. The van der Waals surface area contributed by atoms with Crippen LogP contribution in [0.5, 0.6) is 5.75 Å². The zero-order valence-corrected chi connectivity index (χ0v) is 22.8. The van der Waals surface area contributed by atoms with E-state index in [0.717, 1.165) is 47.6 Å². The van der Waals surface area contributed by atoms with Gasteiger partial charge in [-0.2, -0.15) is 10.4 Å². The van der Waals surface area contributed by atoms with Crippen LogP contribution in [0.25, 0.3) is 23.0 Å². The molecule has 3 heterocycles. The van der Waals surface area contributed by atoms with Crippen molar-refractivity contribution in [1.82, 2.24) is 14.7 Å². The van der Waals surface area contributed by atoms with Crippen molar-refractivity contribution in [3.05, 3.63) is 83.1 Å². The number of imide groups is 1. The summed E-state index contributed by atoms with van der Waals surface area (Å²) in [5.41, 5.74) is 3.63. The van der Waals surface area contributed by atoms with Crippen molar-refractivity contribution < 1.29 is 19.1 Å². The number of benzene rings is 2. The molecule has 1 fully saturated rings. The Hall–Kier alpha value is -4.48. The first-order valence-corrected chi connectivity index (χ1v) is 13.7. The number of ether oxygens (including phenoxy) is 2. The van der Waals surface area contributed by atoms with Crippen LogP contribution in [-0.2, 0) is 14.3 Å². The van der Waals surface area contributed by atoms with Gasteiger partial charge in [0, 0.05) is 29.5 Å². The van der Waals surface area contributed by atoms with E-state index >= 15 is 0 Å². The lowest BCUT2D eigenvalue weighted by Gasteiger charge is -2.29. The Labute approximate surface area is 234 Å². The molecule has 5 rings (SSSR count). The predicted molar refractivity (Wildman–Crippen MR) is 151 cm³/mol. The minimum Gasteiger partial charge on any atom is -0.494 e. The van der Waals surface area contributed by atoms with E-state index in [1.807, 2.05) is 66.9 Å². The fourth-order valence-electron chi connectivity index (χ4n) is 4.94. The van der Waals surface area contributed by atoms with Gasteiger partial charge in [-0.3, -0.25) is 14.5 Å². The molecule has 2 aromatic carbocycles. The topological polar surface area (TPSA) is 97.4 Å². The third kappa shape index (κ3) is 5.61. The lowest BCUT2D eigenvalue weighted by molar-refractivity contribution is -0.142. The average molecular weight is 537 g/mol. The van der Waals surface area contributed by atoms with Crippen molar-refractivity contribution >= 4 is 17.9 Å². The Kier molecular flexibility index (Phi) is 8.23. The first kappa shape index (κ1) is 27.1. The molecule has 1 saturated heterocycles. The number of carbonyl (C=O) groups is 2. The molecule has 1 aromatic heterocycles. The molecule has 0 spiro atoms. The van der Waals surface area contributed by atoms with Gasteiger partial charge in [-0.05, 0) is 62.1 Å². The minimum absolute atomic E-state index is 0.0350. The van der Waals surface area contributed by atoms with Crippen LogP contribution in [0.4, 0.5) is 0 Å². The minimum atomic E-state index is -0.574. The van der Waals surface area contributed by atoms with Crippen molar-refractivity contribution in [3.8, 4) is 28.8 Å². The molecule has 0 radical (unpaired) electrons. The van der Waals surface area contributed by atoms with E-state index in [4.69, 9.17) is 14.6 Å². The highest BCUT2D eigenvalue weighted by atomic mass is 16.5. The molecule has 0 aliphatic carbocycles. The van der Waals surface area contributed by atoms with E-state index in [0.29, 0.717) is 35.6 Å². The Morgan fingerprint density at radius 3 is 2.70 bits per heavy atom. The van der Waals surface area contributed by atoms with E-state index in [9.17, 15) is 14.9 Å². The highest BCUT2D eigenvalue weighted by Gasteiger charge is 2.37. The smallest absolute Gasteiger partial charge is 0.271 e. The van der Waals surface area contributed by atoms with Gasteiger partial charge in [0.1, 0.15) is 23.1 Å². The molecule has 0 bridgehead atoms. The SMILES string of the molecule is CCCCOc1cccc(-c2nn(-c3ccccc3)cc2/C=C2/C(=O)N(CC3CCCO3)C(=O)C(C#N)=C2C)c1. The Morgan fingerprint density at radius 1 is 1.15 bits per heavy atom. The summed E-state index contributed by atoms with van der Waals surface area (Å²) >= 11 is 0. The van der Waals surface area contributed by atoms with Gasteiger partial charge in [0.25, 0.3) is 11.8 Å². The number of nitrogens with zero attached hydrogens (tertiary/aromatic N) is 4. The third-order valence-electron chi connectivity index (χ3n) is 7.17. The van der Waals surface area contributed by atoms with Crippen LogP contribution in [0.15, 0.2) is 77.5 Å². The summed E-state index contributed by atoms with van der Waals surface area (Å²) in [6, 6.07) is 19.4. The normalized spacial score (nSPS) is 18.5. The zero-order valence-electron chi connectivity index (χ0n) is 22.8. The standard InChI is InChI=1S/C32H32N4O4/c1-3-4-15-39-26-13-8-10-23(17-26)30-24(20-36(34-30)25-11-6-5-7-12-25)18-28-22(2)29(19-33)32(38)35(31(28)37)21-27-14-9-16-40-27/h5-8,10-13,17-18,20,27H,3-4,9,14-16,21H2,1-2H3/b28-18+. The third-order valence-corrected chi connectivity index (χ3v) is 7.17. The molecule has 3 aromatic rings. The molecule has 8 heteroatoms. The lowest BCUT2D eigenvalue weighted by Crippen LogP contribution is -2.46. The molecule has 1 atom stereocenters. The first-order chi connectivity index (χ1) is 19.5. The molecule has 8 nitrogen and oxygen atoms in total. The van der Waals surface area contributed by atoms with Crippen LogP contribution in [0, 0.1) is 11.3 Å². The van der Waals surface area contributed by atoms with Gasteiger partial charge in [0.2, 0.25) is 0 Å². The number of carbonyl (C=O) groups excluding carboxylic acids is 2. The van der Waals surface area contributed by atoms with Crippen LogP contribution < -0.4 is 4.74 Å². The molecule has 2 aliphatic rings. The highest BCUT2D eigenvalue weighted by molar-refractivity contribution is 6.19. The van der Waals surface area contributed by atoms with Crippen molar-refractivity contribution in [2.24, 2.45) is 0 Å². The average Bonchev–Trinajstić information content (AvgIpc) is 3.65. The largest absolute Gasteiger partial charge is 0.494 e. The van der Waals surface area contributed by atoms with Gasteiger partial charge in [0.05, 0.1) is 24.9 Å². The summed E-state index contributed by atoms with van der Waals surface area (Å²) in [7, 11) is 0. The Bertz CT molecular complexity index is 1510. The number of hydrogen-bond acceptors (Lipinski definition) is 6. The maximum atomic E-state index is 13.7. The first-order valence-electron chi connectivity index (χ1n) is 13.7. The van der Waals surface area contributed by atoms with E-state index in [2.05, 4.69) is 6.92 Å².